The third-order valence-corrected chi connectivity index (χ3v) is 16.5. The molecule has 0 atom stereocenters. The third-order valence-electron chi connectivity index (χ3n) is 15.4. The van der Waals surface area contributed by atoms with Crippen molar-refractivity contribution in [2.75, 3.05) is 32.7 Å². The van der Waals surface area contributed by atoms with Gasteiger partial charge in [-0.3, -0.25) is 54.8 Å². The van der Waals surface area contributed by atoms with Crippen LogP contribution in [0.1, 0.15) is 172 Å². The van der Waals surface area contributed by atoms with Crippen LogP contribution in [-0.4, -0.2) is 93.3 Å². The number of amides is 4. The number of carbonyl (C=O) groups is 11. The molecule has 10 aromatic carbocycles. The summed E-state index contributed by atoms with van der Waals surface area (Å²) in [6, 6.07) is 66.4. The Labute approximate surface area is 706 Å². The van der Waals surface area contributed by atoms with Crippen LogP contribution in [0.3, 0.4) is 0 Å². The second-order valence-corrected chi connectivity index (χ2v) is 31.8. The van der Waals surface area contributed by atoms with Crippen molar-refractivity contribution in [1.82, 2.24) is 0 Å². The summed E-state index contributed by atoms with van der Waals surface area (Å²) in [5.41, 5.74) is 18.1. The standard InChI is InChI=1S/C24H28N2O6.C24H30N2O5.C16H10N2O3.C14H8Br2O2.C14H14N2O/c1-23(2,3)31-21(29)25-17-11-7-15(8-12-17)19(27)20(28)16-9-13-18(14-10-16)26-22(30)32-24(4,5)6;1-23(2,3)30-21(28)25-18-11-7-16(8-12-18)15-20(27)17-9-13-19(14-10-17)26-22(29)31-24(4,5)6;17-10-21-15-7-3-13(4-8-15)16(20)9-12-1-5-14(6-2-12)18-11-19;15-11-5-1-9(2-6-11)13(17)14(18)10-3-7-12(16)8-4-10;15-12-5-1-10(2-6-12)9-14(17)11-3-7-13(16)8-4-11/h7-14H,1-6H3,(H,25,29)(H,26,30);7-14H,15H2,1-6H3,(H,25,28)(H,26,29);1-8H,9H2;1-8H;1-8H,9,15-16H2. The number of ether oxygens (including phenoxy) is 5. The van der Waals surface area contributed by atoms with Crippen molar-refractivity contribution in [2.24, 2.45) is 4.99 Å². The Balaban J connectivity index is 0.000000236. The van der Waals surface area contributed by atoms with E-state index >= 15 is 0 Å². The molecule has 4 amide bonds. The molecule has 0 fully saturated rings. The Morgan fingerprint density at radius 3 is 0.807 bits per heavy atom. The summed E-state index contributed by atoms with van der Waals surface area (Å²) in [4.78, 5) is 146. The number of rotatable bonds is 21. The Hall–Kier alpha value is -13.8. The van der Waals surface area contributed by atoms with Gasteiger partial charge in [-0.25, -0.2) is 24.0 Å². The van der Waals surface area contributed by atoms with E-state index in [1.54, 1.807) is 271 Å². The predicted octanol–water partition coefficient (Wildman–Crippen LogP) is 20.7. The lowest BCUT2D eigenvalue weighted by atomic mass is 10.0. The minimum atomic E-state index is -0.693. The summed E-state index contributed by atoms with van der Waals surface area (Å²) < 4.78 is 27.1. The van der Waals surface area contributed by atoms with E-state index in [4.69, 9.17) is 35.7 Å². The molecule has 27 heteroatoms. The van der Waals surface area contributed by atoms with Gasteiger partial charge in [0.05, 0.1) is 5.69 Å². The summed E-state index contributed by atoms with van der Waals surface area (Å²) in [5, 5.41) is 18.8. The van der Waals surface area contributed by atoms with Crippen LogP contribution in [0.5, 0.6) is 5.75 Å². The lowest BCUT2D eigenvalue weighted by Crippen LogP contribution is -2.27. The van der Waals surface area contributed by atoms with Gasteiger partial charge in [0.25, 0.3) is 6.26 Å². The van der Waals surface area contributed by atoms with Crippen LogP contribution in [0, 0.1) is 11.5 Å². The second kappa shape index (κ2) is 44.3. The van der Waals surface area contributed by atoms with Crippen molar-refractivity contribution in [1.29, 1.82) is 5.26 Å². The quantitative estimate of drug-likeness (QED) is 0.00740. The Kier molecular flexibility index (Phi) is 35.0. The van der Waals surface area contributed by atoms with E-state index in [-0.39, 0.29) is 41.3 Å². The molecule has 0 heterocycles. The Morgan fingerprint density at radius 2 is 0.546 bits per heavy atom. The highest BCUT2D eigenvalue weighted by atomic mass is 79.9. The molecule has 119 heavy (non-hydrogen) atoms. The van der Waals surface area contributed by atoms with Crippen molar-refractivity contribution in [3.63, 3.8) is 0 Å². The zero-order valence-electron chi connectivity index (χ0n) is 67.5. The monoisotopic (exact) mass is 1740 g/mol. The topological polar surface area (TPSA) is 387 Å². The van der Waals surface area contributed by atoms with E-state index in [2.05, 4.69) is 62.9 Å². The maximum absolute atomic E-state index is 12.6. The van der Waals surface area contributed by atoms with E-state index in [1.165, 1.54) is 54.6 Å². The number of nitrogens with one attached hydrogen (secondary N) is 4. The number of nitrogen functional groups attached to an aromatic ring is 2. The molecule has 0 saturated carbocycles. The van der Waals surface area contributed by atoms with Gasteiger partial charge in [-0.2, -0.15) is 4.99 Å². The van der Waals surface area contributed by atoms with Gasteiger partial charge >= 0.3 is 24.4 Å². The zero-order chi connectivity index (χ0) is 87.8. The fourth-order valence-corrected chi connectivity index (χ4v) is 10.5. The van der Waals surface area contributed by atoms with E-state index < -0.39 is 69.9 Å². The molecule has 25 nitrogen and oxygen atoms in total. The number of hydrogen-bond acceptors (Lipinski definition) is 21. The Bertz CT molecular complexity index is 5140. The molecule has 0 saturated heterocycles. The summed E-state index contributed by atoms with van der Waals surface area (Å²) in [5.74, 6) is -2.01. The van der Waals surface area contributed by atoms with Gasteiger partial charge in [-0.1, -0.05) is 68.3 Å². The van der Waals surface area contributed by atoms with Crippen molar-refractivity contribution < 1.29 is 81.2 Å². The second-order valence-electron chi connectivity index (χ2n) is 30.0. The van der Waals surface area contributed by atoms with Gasteiger partial charge in [0.1, 0.15) is 28.2 Å². The normalized spacial score (nSPS) is 10.6. The van der Waals surface area contributed by atoms with Gasteiger partial charge < -0.3 is 35.2 Å². The zero-order valence-corrected chi connectivity index (χ0v) is 70.6. The summed E-state index contributed by atoms with van der Waals surface area (Å²) in [6.07, 6.45) is 1.54. The highest BCUT2D eigenvalue weighted by molar-refractivity contribution is 9.10. The highest BCUT2D eigenvalue weighted by Crippen LogP contribution is 2.24. The van der Waals surface area contributed by atoms with Gasteiger partial charge in [-0.05, 0) is 306 Å². The molecule has 614 valence electrons. The summed E-state index contributed by atoms with van der Waals surface area (Å²) in [6.45, 7) is 21.2. The number of Topliss-reactive ketones (excluding diaryl/α,β-unsaturated/α-hetero) is 7. The molecule has 0 radical (unpaired) electrons. The number of isocyanates is 1. The largest absolute Gasteiger partial charge is 0.444 e. The molecule has 0 spiro atoms. The number of nitriles is 1. The van der Waals surface area contributed by atoms with Gasteiger partial charge in [0, 0.05) is 101 Å². The molecule has 10 aromatic rings. The molecular weight excluding hydrogens is 1650 g/mol. The van der Waals surface area contributed by atoms with Crippen molar-refractivity contribution >= 4 is 143 Å². The van der Waals surface area contributed by atoms with Crippen LogP contribution in [-0.2, 0) is 43.0 Å². The third kappa shape index (κ3) is 35.1. The first-order chi connectivity index (χ1) is 56.0. The number of carbonyl (C=O) groups excluding carboxylic acids is 12. The molecule has 8 N–H and O–H groups in total. The van der Waals surface area contributed by atoms with Crippen LogP contribution in [0.15, 0.2) is 257 Å². The average Bonchev–Trinajstić information content (AvgIpc) is 0.501. The molecular formula is C92H90Br2N8O17. The number of benzene rings is 10. The predicted molar refractivity (Wildman–Crippen MR) is 464 cm³/mol. The number of halogens is 2. The first-order valence-electron chi connectivity index (χ1n) is 36.7. The van der Waals surface area contributed by atoms with Gasteiger partial charge in [-0.15, -0.1) is 5.26 Å². The van der Waals surface area contributed by atoms with Crippen LogP contribution in [0.25, 0.3) is 0 Å². The minimum absolute atomic E-state index is 0.0508. The van der Waals surface area contributed by atoms with Crippen LogP contribution in [0.2, 0.25) is 0 Å². The number of nitrogens with zero attached hydrogens (tertiary/aromatic N) is 2. The molecule has 0 aliphatic heterocycles. The lowest BCUT2D eigenvalue weighted by molar-refractivity contribution is 0.0624. The number of anilines is 6. The van der Waals surface area contributed by atoms with Gasteiger partial charge in [0.2, 0.25) is 29.2 Å². The number of hydrogen-bond donors (Lipinski definition) is 6. The van der Waals surface area contributed by atoms with Gasteiger partial charge in [0.15, 0.2) is 17.3 Å². The highest BCUT2D eigenvalue weighted by Gasteiger charge is 2.24. The van der Waals surface area contributed by atoms with Crippen LogP contribution < -0.4 is 37.5 Å². The van der Waals surface area contributed by atoms with E-state index in [1.807, 2.05) is 12.1 Å². The lowest BCUT2D eigenvalue weighted by Gasteiger charge is -2.19. The maximum Gasteiger partial charge on any atom is 0.412 e. The van der Waals surface area contributed by atoms with E-state index in [0.717, 1.165) is 25.6 Å². The van der Waals surface area contributed by atoms with Crippen LogP contribution in [0.4, 0.5) is 59.0 Å². The summed E-state index contributed by atoms with van der Waals surface area (Å²) in [7, 11) is 0. The molecule has 0 unspecified atom stereocenters. The molecule has 0 aliphatic rings. The average molecular weight is 1740 g/mol. The van der Waals surface area contributed by atoms with Crippen LogP contribution >= 0.6 is 31.9 Å². The number of ketones is 7. The summed E-state index contributed by atoms with van der Waals surface area (Å²) >= 11 is 6.57. The minimum Gasteiger partial charge on any atom is -0.444 e. The fraction of sp³-hybridized carbons (Fsp3) is 0.207. The molecule has 0 bridgehead atoms. The molecule has 10 rings (SSSR count). The number of nitrogens with two attached hydrogens (primary N) is 2. The van der Waals surface area contributed by atoms with Crippen molar-refractivity contribution in [2.45, 2.75) is 125 Å². The maximum atomic E-state index is 12.6. The number of aliphatic imine (C=N–C) groups is 1. The van der Waals surface area contributed by atoms with Crippen molar-refractivity contribution in [3.8, 4) is 12.0 Å². The Morgan fingerprint density at radius 1 is 0.328 bits per heavy atom. The first kappa shape index (κ1) is 94.1. The van der Waals surface area contributed by atoms with E-state index in [0.29, 0.717) is 79.8 Å². The first-order valence-corrected chi connectivity index (χ1v) is 38.3. The molecule has 0 aliphatic carbocycles. The van der Waals surface area contributed by atoms with E-state index in [9.17, 15) is 57.5 Å². The SMILES string of the molecule is CC(C)(C)OC(=O)Nc1ccc(C(=O)C(=O)c2ccc(NC(=O)OC(C)(C)C)cc2)cc1.CC(C)(C)OC(=O)Nc1ccc(CC(=O)c2ccc(NC(=O)OC(C)(C)C)cc2)cc1.N#COc1ccc(C(=O)Cc2ccc(N=C=O)cc2)cc1.Nc1ccc(CC(=O)c2ccc(N)cc2)cc1.O=C(C(=O)c1ccc(Br)cc1)c1ccc(Br)cc1. The smallest absolute Gasteiger partial charge is 0.412 e. The van der Waals surface area contributed by atoms with Crippen molar-refractivity contribution in [3.05, 3.63) is 307 Å². The fourth-order valence-electron chi connectivity index (χ4n) is 9.94. The molecule has 0 aromatic heterocycles.